The molecule has 0 spiro atoms. The summed E-state index contributed by atoms with van der Waals surface area (Å²) >= 11 is 0. The van der Waals surface area contributed by atoms with Crippen LogP contribution >= 0.6 is 0 Å². The SMILES string of the molecule is NN=c1c(=O)n(-c2ccccc2)c2ccccc2n(C2C3CC4CC(C3)CC2C4)c1=O.c1cc2cc-2c1. The van der Waals surface area contributed by atoms with Crippen molar-refractivity contribution >= 4 is 11.0 Å². The molecule has 6 aliphatic rings. The maximum absolute atomic E-state index is 13.8. The standard InChI is InChI=1S/C25H26N4O2.C6H4/c26-27-22-24(30)28(19-6-2-1-3-7-19)20-8-4-5-9-21(20)29(25(22)31)23-17-11-15-10-16(13-17)14-18(23)12-15;1-2-5-4-6(5)3-1/h1-9,15-18,23H,10-14,26H2;1-4H. The predicted molar refractivity (Wildman–Crippen MR) is 145 cm³/mol. The molecular weight excluding hydrogens is 460 g/mol. The minimum atomic E-state index is -0.475. The summed E-state index contributed by atoms with van der Waals surface area (Å²) in [6, 6.07) is 25.7. The molecule has 4 saturated carbocycles. The molecular formula is C31H30N4O2. The average molecular weight is 491 g/mol. The third-order valence-corrected chi connectivity index (χ3v) is 8.94. The number of nitrogens with zero attached hydrogens (tertiary/aromatic N) is 3. The first-order chi connectivity index (χ1) is 18.1. The molecule has 0 saturated heterocycles. The Morgan fingerprint density at radius 2 is 1.27 bits per heavy atom. The van der Waals surface area contributed by atoms with Gasteiger partial charge in [0.1, 0.15) is 0 Å². The van der Waals surface area contributed by atoms with Crippen molar-refractivity contribution in [3.8, 4) is 16.8 Å². The zero-order chi connectivity index (χ0) is 25.1. The fourth-order valence-corrected chi connectivity index (χ4v) is 7.62. The van der Waals surface area contributed by atoms with Crippen LogP contribution in [0.15, 0.2) is 93.6 Å². The fraction of sp³-hybridized carbons (Fsp3) is 0.323. The second-order valence-corrected chi connectivity index (χ2v) is 11.1. The topological polar surface area (TPSA) is 82.4 Å². The second-order valence-electron chi connectivity index (χ2n) is 11.1. The summed E-state index contributed by atoms with van der Waals surface area (Å²) in [5, 5.41) is 3.53. The van der Waals surface area contributed by atoms with E-state index < -0.39 is 5.56 Å². The quantitative estimate of drug-likeness (QED) is 0.290. The van der Waals surface area contributed by atoms with Crippen molar-refractivity contribution < 1.29 is 0 Å². The van der Waals surface area contributed by atoms with Crippen molar-refractivity contribution in [1.29, 1.82) is 0 Å². The van der Waals surface area contributed by atoms with Crippen molar-refractivity contribution in [2.45, 2.75) is 38.1 Å². The summed E-state index contributed by atoms with van der Waals surface area (Å²) in [6.45, 7) is 0. The number of para-hydroxylation sites is 3. The van der Waals surface area contributed by atoms with Crippen molar-refractivity contribution in [3.05, 3.63) is 105 Å². The number of benzene rings is 3. The Morgan fingerprint density at radius 3 is 1.81 bits per heavy atom. The summed E-state index contributed by atoms with van der Waals surface area (Å²) in [6.07, 6.45) is 6.05. The first-order valence-electron chi connectivity index (χ1n) is 13.3. The largest absolute Gasteiger partial charge is 0.322 e. The molecule has 0 atom stereocenters. The summed E-state index contributed by atoms with van der Waals surface area (Å²) in [5.74, 6) is 8.20. The van der Waals surface area contributed by atoms with Gasteiger partial charge in [0.2, 0.25) is 5.36 Å². The molecule has 0 aliphatic heterocycles. The molecule has 37 heavy (non-hydrogen) atoms. The summed E-state index contributed by atoms with van der Waals surface area (Å²) < 4.78 is 3.46. The Bertz CT molecular complexity index is 1660. The van der Waals surface area contributed by atoms with Crippen LogP contribution in [0, 0.1) is 23.7 Å². The van der Waals surface area contributed by atoms with Crippen LogP contribution in [0.5, 0.6) is 0 Å². The molecule has 1 aromatic heterocycles. The van der Waals surface area contributed by atoms with Gasteiger partial charge in [0.05, 0.1) is 11.0 Å². The first-order valence-corrected chi connectivity index (χ1v) is 13.3. The highest BCUT2D eigenvalue weighted by Gasteiger charge is 2.49. The van der Waals surface area contributed by atoms with Gasteiger partial charge in [-0.25, -0.2) is 0 Å². The maximum atomic E-state index is 13.8. The van der Waals surface area contributed by atoms with E-state index in [0.717, 1.165) is 17.4 Å². The van der Waals surface area contributed by atoms with E-state index in [-0.39, 0.29) is 17.0 Å². The normalized spacial score (nSPS) is 26.6. The van der Waals surface area contributed by atoms with Crippen LogP contribution in [0.2, 0.25) is 0 Å². The van der Waals surface area contributed by atoms with E-state index in [1.165, 1.54) is 43.2 Å². The van der Waals surface area contributed by atoms with E-state index in [4.69, 9.17) is 5.84 Å². The lowest BCUT2D eigenvalue weighted by Gasteiger charge is -2.54. The van der Waals surface area contributed by atoms with Crippen molar-refractivity contribution in [2.24, 2.45) is 34.6 Å². The number of rotatable bonds is 2. The molecule has 186 valence electrons. The highest BCUT2D eigenvalue weighted by molar-refractivity contribution is 5.80. The Hall–Kier alpha value is -3.93. The van der Waals surface area contributed by atoms with Gasteiger partial charge in [-0.05, 0) is 97.2 Å². The Kier molecular flexibility index (Phi) is 5.17. The average Bonchev–Trinajstić information content (AvgIpc) is 3.53. The molecule has 1 heterocycles. The van der Waals surface area contributed by atoms with Gasteiger partial charge in [-0.15, -0.1) is 0 Å². The molecule has 0 unspecified atom stereocenters. The molecule has 4 bridgehead atoms. The number of fused-ring (bicyclic) bond motifs is 2. The molecule has 0 amide bonds. The summed E-state index contributed by atoms with van der Waals surface area (Å²) in [7, 11) is 0. The summed E-state index contributed by atoms with van der Waals surface area (Å²) in [5.41, 5.74) is 4.19. The van der Waals surface area contributed by atoms with E-state index in [1.54, 1.807) is 4.57 Å². The Balaban J connectivity index is 0.000000335. The van der Waals surface area contributed by atoms with E-state index in [1.807, 2.05) is 59.2 Å². The van der Waals surface area contributed by atoms with Crippen molar-refractivity contribution in [1.82, 2.24) is 9.13 Å². The number of nitrogens with two attached hydrogens (primary N) is 1. The van der Waals surface area contributed by atoms with Gasteiger partial charge in [0, 0.05) is 11.7 Å². The van der Waals surface area contributed by atoms with E-state index in [9.17, 15) is 9.59 Å². The molecule has 9 rings (SSSR count). The van der Waals surface area contributed by atoms with Gasteiger partial charge in [-0.3, -0.25) is 14.2 Å². The number of hydrogen-bond donors (Lipinski definition) is 1. The Morgan fingerprint density at radius 1 is 0.676 bits per heavy atom. The van der Waals surface area contributed by atoms with E-state index in [0.29, 0.717) is 23.0 Å². The highest BCUT2D eigenvalue weighted by atomic mass is 16.1. The third-order valence-electron chi connectivity index (χ3n) is 8.94. The van der Waals surface area contributed by atoms with Gasteiger partial charge in [0.15, 0.2) is 0 Å². The van der Waals surface area contributed by atoms with Crippen LogP contribution in [0.25, 0.3) is 27.8 Å². The molecule has 2 N–H and O–H groups in total. The zero-order valence-electron chi connectivity index (χ0n) is 20.7. The fourth-order valence-electron chi connectivity index (χ4n) is 7.62. The summed E-state index contributed by atoms with van der Waals surface area (Å²) in [4.78, 5) is 27.4. The lowest BCUT2D eigenvalue weighted by atomic mass is 9.54. The van der Waals surface area contributed by atoms with Crippen LogP contribution in [0.3, 0.4) is 0 Å². The van der Waals surface area contributed by atoms with Crippen LogP contribution in [-0.2, 0) is 0 Å². The Labute approximate surface area is 214 Å². The third kappa shape index (κ3) is 3.66. The zero-order valence-corrected chi connectivity index (χ0v) is 20.7. The van der Waals surface area contributed by atoms with Gasteiger partial charge >= 0.3 is 0 Å². The molecule has 0 radical (unpaired) electrons. The van der Waals surface area contributed by atoms with Crippen LogP contribution < -0.4 is 22.3 Å². The smallest absolute Gasteiger partial charge is 0.289 e. The van der Waals surface area contributed by atoms with E-state index >= 15 is 0 Å². The number of aromatic nitrogens is 2. The molecule has 6 aliphatic carbocycles. The second kappa shape index (κ2) is 8.58. The lowest BCUT2D eigenvalue weighted by Crippen LogP contribution is -2.51. The first kappa shape index (κ1) is 22.3. The molecule has 4 fully saturated rings. The van der Waals surface area contributed by atoms with Crippen LogP contribution in [0.4, 0.5) is 0 Å². The minimum Gasteiger partial charge on any atom is -0.322 e. The van der Waals surface area contributed by atoms with Crippen LogP contribution in [-0.4, -0.2) is 9.13 Å². The number of hydrogen-bond acceptors (Lipinski definition) is 4. The molecule has 2 aromatic carbocycles. The highest BCUT2D eigenvalue weighted by Crippen LogP contribution is 2.58. The van der Waals surface area contributed by atoms with Crippen molar-refractivity contribution in [2.75, 3.05) is 0 Å². The maximum Gasteiger partial charge on any atom is 0.289 e. The monoisotopic (exact) mass is 490 g/mol. The minimum absolute atomic E-state index is 0.0988. The predicted octanol–water partition coefficient (Wildman–Crippen LogP) is 4.59. The molecule has 3 aromatic rings. The molecule has 6 heteroatoms. The van der Waals surface area contributed by atoms with Gasteiger partial charge in [0.25, 0.3) is 11.1 Å². The van der Waals surface area contributed by atoms with E-state index in [2.05, 4.69) is 29.4 Å². The van der Waals surface area contributed by atoms with Gasteiger partial charge < -0.3 is 10.4 Å². The van der Waals surface area contributed by atoms with Gasteiger partial charge in [-0.1, -0.05) is 48.5 Å². The van der Waals surface area contributed by atoms with Gasteiger partial charge in [-0.2, -0.15) is 5.10 Å². The van der Waals surface area contributed by atoms with Crippen LogP contribution in [0.1, 0.15) is 38.1 Å². The van der Waals surface area contributed by atoms with Crippen molar-refractivity contribution in [3.63, 3.8) is 0 Å². The molecule has 6 nitrogen and oxygen atoms in total. The lowest BCUT2D eigenvalue weighted by molar-refractivity contribution is -0.0287.